The van der Waals surface area contributed by atoms with Crippen molar-refractivity contribution in [2.24, 2.45) is 0 Å². The predicted octanol–water partition coefficient (Wildman–Crippen LogP) is 4.68. The van der Waals surface area contributed by atoms with E-state index in [0.717, 1.165) is 30.3 Å². The first-order valence-electron chi connectivity index (χ1n) is 9.28. The molecule has 174 valence electrons. The largest absolute Gasteiger partial charge is 0.459 e. The molecule has 3 amide bonds. The molecule has 0 saturated heterocycles. The molecule has 1 aromatic heterocycles. The quantitative estimate of drug-likeness (QED) is 0.394. The van der Waals surface area contributed by atoms with E-state index in [1.807, 2.05) is 5.32 Å². The van der Waals surface area contributed by atoms with E-state index in [2.05, 4.69) is 10.6 Å². The molecule has 2 aromatic carbocycles. The van der Waals surface area contributed by atoms with Gasteiger partial charge in [-0.1, -0.05) is 6.07 Å². The van der Waals surface area contributed by atoms with Crippen LogP contribution in [0.15, 0.2) is 59.2 Å². The molecule has 3 aromatic rings. The van der Waals surface area contributed by atoms with Crippen molar-refractivity contribution < 1.29 is 41.1 Å². The summed E-state index contributed by atoms with van der Waals surface area (Å²) < 4.78 is 71.5. The number of benzene rings is 2. The number of urea groups is 1. The molecule has 1 heterocycles. The van der Waals surface area contributed by atoms with Crippen LogP contribution in [0.3, 0.4) is 0 Å². The fourth-order valence-electron chi connectivity index (χ4n) is 2.76. The molecule has 0 bridgehead atoms. The molecule has 0 saturated carbocycles. The van der Waals surface area contributed by atoms with E-state index in [0.29, 0.717) is 6.07 Å². The fraction of sp³-hybridized carbons (Fsp3) is 0.143. The molecular weight excluding hydrogens is 453 g/mol. The van der Waals surface area contributed by atoms with Crippen molar-refractivity contribution in [1.29, 1.82) is 0 Å². The van der Waals surface area contributed by atoms with Crippen LogP contribution in [0.4, 0.5) is 38.1 Å². The van der Waals surface area contributed by atoms with Gasteiger partial charge in [-0.05, 0) is 48.0 Å². The van der Waals surface area contributed by atoms with Gasteiger partial charge in [0.2, 0.25) is 0 Å². The third-order valence-corrected chi connectivity index (χ3v) is 4.36. The summed E-state index contributed by atoms with van der Waals surface area (Å²) in [6.07, 6.45) is -5.09. The summed E-state index contributed by atoms with van der Waals surface area (Å²) in [5.41, 5.74) is -2.08. The Balaban J connectivity index is 1.67. The zero-order valence-electron chi connectivity index (χ0n) is 16.5. The first kappa shape index (κ1) is 23.7. The SMILES string of the molecule is O=C(NCC(O)c1ccc(F)c(F)c1)Nc1ccc(NC(=O)c2ccco2)cc1C(F)(F)F. The first-order valence-corrected chi connectivity index (χ1v) is 9.28. The number of hydrogen-bond acceptors (Lipinski definition) is 4. The lowest BCUT2D eigenvalue weighted by Gasteiger charge is -2.17. The summed E-state index contributed by atoms with van der Waals surface area (Å²) >= 11 is 0. The number of carbonyl (C=O) groups is 2. The molecule has 4 N–H and O–H groups in total. The van der Waals surface area contributed by atoms with Crippen LogP contribution in [0.2, 0.25) is 0 Å². The van der Waals surface area contributed by atoms with Crippen molar-refractivity contribution in [1.82, 2.24) is 5.32 Å². The standard InChI is InChI=1S/C21H16F5N3O4/c22-14-5-3-11(8-15(14)23)17(30)10-27-20(32)29-16-6-4-12(9-13(16)21(24,25)26)28-19(31)18-2-1-7-33-18/h1-9,17,30H,10H2,(H,28,31)(H2,27,29,32). The van der Waals surface area contributed by atoms with Gasteiger partial charge < -0.3 is 25.5 Å². The number of hydrogen-bond donors (Lipinski definition) is 4. The number of furan rings is 1. The third kappa shape index (κ3) is 6.07. The van der Waals surface area contributed by atoms with Crippen molar-refractivity contribution in [3.63, 3.8) is 0 Å². The summed E-state index contributed by atoms with van der Waals surface area (Å²) in [5, 5.41) is 16.4. The molecule has 12 heteroatoms. The Hall–Kier alpha value is -3.93. The average molecular weight is 469 g/mol. The highest BCUT2D eigenvalue weighted by Crippen LogP contribution is 2.36. The maximum Gasteiger partial charge on any atom is 0.418 e. The number of amides is 3. The van der Waals surface area contributed by atoms with Crippen molar-refractivity contribution in [2.45, 2.75) is 12.3 Å². The van der Waals surface area contributed by atoms with Crippen LogP contribution in [-0.2, 0) is 6.18 Å². The number of nitrogens with one attached hydrogen (secondary N) is 3. The topological polar surface area (TPSA) is 104 Å². The van der Waals surface area contributed by atoms with Crippen LogP contribution < -0.4 is 16.0 Å². The van der Waals surface area contributed by atoms with Gasteiger partial charge in [-0.2, -0.15) is 13.2 Å². The molecular formula is C21H16F5N3O4. The average Bonchev–Trinajstić information content (AvgIpc) is 3.29. The number of carbonyl (C=O) groups excluding carboxylic acids is 2. The highest BCUT2D eigenvalue weighted by molar-refractivity contribution is 6.02. The van der Waals surface area contributed by atoms with Crippen molar-refractivity contribution in [2.75, 3.05) is 17.2 Å². The summed E-state index contributed by atoms with van der Waals surface area (Å²) in [6, 6.07) is 7.00. The van der Waals surface area contributed by atoms with Gasteiger partial charge in [-0.3, -0.25) is 4.79 Å². The Labute approximate surface area is 183 Å². The molecule has 0 aliphatic rings. The molecule has 0 aliphatic heterocycles. The van der Waals surface area contributed by atoms with Crippen molar-refractivity contribution >= 4 is 23.3 Å². The Morgan fingerprint density at radius 2 is 1.76 bits per heavy atom. The van der Waals surface area contributed by atoms with Crippen LogP contribution in [0, 0.1) is 11.6 Å². The van der Waals surface area contributed by atoms with Crippen LogP contribution in [0.5, 0.6) is 0 Å². The fourth-order valence-corrected chi connectivity index (χ4v) is 2.76. The van der Waals surface area contributed by atoms with Gasteiger partial charge in [-0.15, -0.1) is 0 Å². The normalized spacial score (nSPS) is 12.2. The highest BCUT2D eigenvalue weighted by Gasteiger charge is 2.34. The lowest BCUT2D eigenvalue weighted by molar-refractivity contribution is -0.136. The molecule has 0 aliphatic carbocycles. The van der Waals surface area contributed by atoms with Gasteiger partial charge in [0.25, 0.3) is 5.91 Å². The van der Waals surface area contributed by atoms with E-state index in [4.69, 9.17) is 4.42 Å². The van der Waals surface area contributed by atoms with Crippen molar-refractivity contribution in [3.05, 3.63) is 83.3 Å². The van der Waals surface area contributed by atoms with Crippen LogP contribution >= 0.6 is 0 Å². The summed E-state index contributed by atoms with van der Waals surface area (Å²) in [4.78, 5) is 24.0. The van der Waals surface area contributed by atoms with Gasteiger partial charge in [0, 0.05) is 12.2 Å². The molecule has 0 radical (unpaired) electrons. The number of anilines is 2. The Bertz CT molecular complexity index is 1150. The maximum absolute atomic E-state index is 13.5. The van der Waals surface area contributed by atoms with E-state index >= 15 is 0 Å². The molecule has 1 unspecified atom stereocenters. The zero-order valence-corrected chi connectivity index (χ0v) is 16.5. The van der Waals surface area contributed by atoms with Crippen LogP contribution in [0.25, 0.3) is 0 Å². The van der Waals surface area contributed by atoms with E-state index in [9.17, 15) is 36.6 Å². The third-order valence-electron chi connectivity index (χ3n) is 4.36. The van der Waals surface area contributed by atoms with E-state index in [1.54, 1.807) is 0 Å². The van der Waals surface area contributed by atoms with Crippen LogP contribution in [0.1, 0.15) is 27.8 Å². The van der Waals surface area contributed by atoms with Gasteiger partial charge in [-0.25, -0.2) is 13.6 Å². The molecule has 0 fully saturated rings. The second-order valence-electron chi connectivity index (χ2n) is 6.71. The molecule has 3 rings (SSSR count). The minimum atomic E-state index is -4.88. The smallest absolute Gasteiger partial charge is 0.418 e. The Morgan fingerprint density at radius 1 is 1.00 bits per heavy atom. The number of aliphatic hydroxyl groups is 1. The van der Waals surface area contributed by atoms with Gasteiger partial charge in [0.1, 0.15) is 0 Å². The molecule has 0 spiro atoms. The molecule has 1 atom stereocenters. The van der Waals surface area contributed by atoms with Gasteiger partial charge in [0.05, 0.1) is 23.6 Å². The van der Waals surface area contributed by atoms with Crippen molar-refractivity contribution in [3.8, 4) is 0 Å². The summed E-state index contributed by atoms with van der Waals surface area (Å²) in [7, 11) is 0. The second kappa shape index (κ2) is 9.69. The zero-order chi connectivity index (χ0) is 24.2. The molecule has 7 nitrogen and oxygen atoms in total. The molecule has 33 heavy (non-hydrogen) atoms. The number of aliphatic hydroxyl groups excluding tert-OH is 1. The lowest BCUT2D eigenvalue weighted by Crippen LogP contribution is -2.33. The van der Waals surface area contributed by atoms with Gasteiger partial charge in [0.15, 0.2) is 17.4 Å². The number of halogens is 5. The summed E-state index contributed by atoms with van der Waals surface area (Å²) in [6.45, 7) is -0.491. The predicted molar refractivity (Wildman–Crippen MR) is 106 cm³/mol. The number of alkyl halides is 3. The summed E-state index contributed by atoms with van der Waals surface area (Å²) in [5.74, 6) is -3.20. The minimum absolute atomic E-state index is 0.0400. The second-order valence-corrected chi connectivity index (χ2v) is 6.71. The highest BCUT2D eigenvalue weighted by atomic mass is 19.4. The Kier molecular flexibility index (Phi) is 6.97. The first-order chi connectivity index (χ1) is 15.5. The van der Waals surface area contributed by atoms with E-state index in [-0.39, 0.29) is 17.0 Å². The van der Waals surface area contributed by atoms with Crippen LogP contribution in [-0.4, -0.2) is 23.6 Å². The monoisotopic (exact) mass is 469 g/mol. The minimum Gasteiger partial charge on any atom is -0.459 e. The lowest BCUT2D eigenvalue weighted by atomic mass is 10.1. The van der Waals surface area contributed by atoms with E-state index in [1.165, 1.54) is 18.4 Å². The Morgan fingerprint density at radius 3 is 2.39 bits per heavy atom. The van der Waals surface area contributed by atoms with Gasteiger partial charge >= 0.3 is 12.2 Å². The maximum atomic E-state index is 13.5. The number of rotatable bonds is 6. The van der Waals surface area contributed by atoms with E-state index < -0.39 is 53.6 Å².